The zero-order chi connectivity index (χ0) is 17.2. The van der Waals surface area contributed by atoms with E-state index in [2.05, 4.69) is 44.9 Å². The third-order valence-electron chi connectivity index (χ3n) is 4.22. The van der Waals surface area contributed by atoms with Crippen LogP contribution >= 0.6 is 11.6 Å². The van der Waals surface area contributed by atoms with Crippen LogP contribution in [0, 0.1) is 0 Å². The van der Waals surface area contributed by atoms with Crippen LogP contribution in [0.15, 0.2) is 67.1 Å². The van der Waals surface area contributed by atoms with Crippen LogP contribution in [0.5, 0.6) is 5.75 Å². The van der Waals surface area contributed by atoms with Crippen molar-refractivity contribution in [2.45, 2.75) is 6.54 Å². The van der Waals surface area contributed by atoms with Crippen LogP contribution in [0.25, 0.3) is 22.2 Å². The molecule has 0 unspecified atom stereocenters. The van der Waals surface area contributed by atoms with Gasteiger partial charge in [-0.25, -0.2) is 9.97 Å². The van der Waals surface area contributed by atoms with Crippen molar-refractivity contribution in [1.29, 1.82) is 0 Å². The van der Waals surface area contributed by atoms with E-state index in [4.69, 9.17) is 16.3 Å². The van der Waals surface area contributed by atoms with Gasteiger partial charge in [0.1, 0.15) is 22.9 Å². The molecular weight excluding hydrogens is 334 g/mol. The quantitative estimate of drug-likeness (QED) is 0.496. The number of methoxy groups -OCH3 is 1. The van der Waals surface area contributed by atoms with Crippen LogP contribution < -0.4 is 4.74 Å². The molecule has 0 atom stereocenters. The molecule has 0 aliphatic carbocycles. The zero-order valence-electron chi connectivity index (χ0n) is 13.7. The molecular formula is C20H16ClN3O. The summed E-state index contributed by atoms with van der Waals surface area (Å²) in [6.07, 6.45) is 3.48. The standard InChI is InChI=1S/C20H16ClN3O/c1-25-17-4-2-3-16(11-17)15-7-5-14(6-8-15)12-24-10-9-18-19(21)22-13-23-20(18)24/h2-11,13H,12H2,1H3. The molecule has 5 heteroatoms. The van der Waals surface area contributed by atoms with E-state index < -0.39 is 0 Å². The van der Waals surface area contributed by atoms with Crippen molar-refractivity contribution in [3.63, 3.8) is 0 Å². The third kappa shape index (κ3) is 3.08. The maximum Gasteiger partial charge on any atom is 0.145 e. The topological polar surface area (TPSA) is 39.9 Å². The van der Waals surface area contributed by atoms with Crippen LogP contribution in [-0.4, -0.2) is 21.6 Å². The highest BCUT2D eigenvalue weighted by Gasteiger charge is 2.07. The summed E-state index contributed by atoms with van der Waals surface area (Å²) in [6, 6.07) is 18.5. The van der Waals surface area contributed by atoms with Gasteiger partial charge in [0, 0.05) is 12.7 Å². The molecule has 2 aromatic heterocycles. The molecule has 4 rings (SSSR count). The minimum atomic E-state index is 0.483. The summed E-state index contributed by atoms with van der Waals surface area (Å²) in [6.45, 7) is 0.731. The largest absolute Gasteiger partial charge is 0.497 e. The fourth-order valence-electron chi connectivity index (χ4n) is 2.90. The van der Waals surface area contributed by atoms with Crippen molar-refractivity contribution in [1.82, 2.24) is 14.5 Å². The van der Waals surface area contributed by atoms with Crippen molar-refractivity contribution >= 4 is 22.6 Å². The Labute approximate surface area is 150 Å². The Morgan fingerprint density at radius 1 is 1.00 bits per heavy atom. The first-order chi connectivity index (χ1) is 12.2. The summed E-state index contributed by atoms with van der Waals surface area (Å²) in [7, 11) is 1.68. The Balaban J connectivity index is 1.60. The van der Waals surface area contributed by atoms with Crippen molar-refractivity contribution < 1.29 is 4.74 Å². The van der Waals surface area contributed by atoms with Gasteiger partial charge in [0.25, 0.3) is 0 Å². The van der Waals surface area contributed by atoms with E-state index in [9.17, 15) is 0 Å². The summed E-state index contributed by atoms with van der Waals surface area (Å²) in [5.74, 6) is 0.858. The maximum absolute atomic E-state index is 6.11. The molecule has 0 bridgehead atoms. The van der Waals surface area contributed by atoms with Crippen molar-refractivity contribution in [3.05, 3.63) is 77.8 Å². The Morgan fingerprint density at radius 3 is 2.64 bits per heavy atom. The van der Waals surface area contributed by atoms with Gasteiger partial charge in [0.05, 0.1) is 12.5 Å². The molecule has 124 valence electrons. The number of hydrogen-bond donors (Lipinski definition) is 0. The highest BCUT2D eigenvalue weighted by molar-refractivity contribution is 6.33. The minimum Gasteiger partial charge on any atom is -0.497 e. The average Bonchev–Trinajstić information content (AvgIpc) is 3.07. The summed E-state index contributed by atoms with van der Waals surface area (Å²) >= 11 is 6.11. The molecule has 0 amide bonds. The number of rotatable bonds is 4. The van der Waals surface area contributed by atoms with Crippen LogP contribution in [0.3, 0.4) is 0 Å². The average molecular weight is 350 g/mol. The van der Waals surface area contributed by atoms with Gasteiger partial charge >= 0.3 is 0 Å². The number of hydrogen-bond acceptors (Lipinski definition) is 3. The smallest absolute Gasteiger partial charge is 0.145 e. The molecule has 4 nitrogen and oxygen atoms in total. The lowest BCUT2D eigenvalue weighted by atomic mass is 10.0. The second-order valence-corrected chi connectivity index (χ2v) is 6.13. The second-order valence-electron chi connectivity index (χ2n) is 5.77. The first-order valence-corrected chi connectivity index (χ1v) is 8.31. The summed E-state index contributed by atoms with van der Waals surface area (Å²) in [5, 5.41) is 1.36. The van der Waals surface area contributed by atoms with Crippen molar-refractivity contribution in [2.24, 2.45) is 0 Å². The number of ether oxygens (including phenoxy) is 1. The molecule has 0 saturated carbocycles. The van der Waals surface area contributed by atoms with E-state index in [-0.39, 0.29) is 0 Å². The third-order valence-corrected chi connectivity index (χ3v) is 4.52. The molecule has 25 heavy (non-hydrogen) atoms. The molecule has 0 N–H and O–H groups in total. The number of aromatic nitrogens is 3. The number of fused-ring (bicyclic) bond motifs is 1. The van der Waals surface area contributed by atoms with E-state index in [1.54, 1.807) is 7.11 Å². The van der Waals surface area contributed by atoms with E-state index in [0.717, 1.165) is 34.5 Å². The Hall–Kier alpha value is -2.85. The van der Waals surface area contributed by atoms with Gasteiger partial charge in [0.2, 0.25) is 0 Å². The Kier molecular flexibility index (Phi) is 4.12. The van der Waals surface area contributed by atoms with Crippen molar-refractivity contribution in [3.8, 4) is 16.9 Å². The van der Waals surface area contributed by atoms with E-state index in [0.29, 0.717) is 5.15 Å². The van der Waals surface area contributed by atoms with E-state index in [1.807, 2.05) is 30.5 Å². The van der Waals surface area contributed by atoms with Crippen LogP contribution in [0.4, 0.5) is 0 Å². The molecule has 0 fully saturated rings. The highest BCUT2D eigenvalue weighted by Crippen LogP contribution is 2.25. The molecule has 0 spiro atoms. The van der Waals surface area contributed by atoms with Gasteiger partial charge in [-0.05, 0) is 34.9 Å². The predicted octanol–water partition coefficient (Wildman–Crippen LogP) is 4.81. The first-order valence-electron chi connectivity index (χ1n) is 7.93. The first kappa shape index (κ1) is 15.7. The van der Waals surface area contributed by atoms with Gasteiger partial charge in [0.15, 0.2) is 0 Å². The van der Waals surface area contributed by atoms with E-state index in [1.165, 1.54) is 11.9 Å². The molecule has 0 radical (unpaired) electrons. The Morgan fingerprint density at radius 2 is 1.84 bits per heavy atom. The number of benzene rings is 2. The normalized spacial score (nSPS) is 11.0. The lowest BCUT2D eigenvalue weighted by Crippen LogP contribution is -1.99. The lowest BCUT2D eigenvalue weighted by molar-refractivity contribution is 0.415. The summed E-state index contributed by atoms with van der Waals surface area (Å²) in [5.41, 5.74) is 4.33. The van der Waals surface area contributed by atoms with Gasteiger partial charge in [-0.15, -0.1) is 0 Å². The molecule has 2 heterocycles. The fourth-order valence-corrected chi connectivity index (χ4v) is 3.09. The molecule has 0 aliphatic rings. The second kappa shape index (κ2) is 6.57. The SMILES string of the molecule is COc1cccc(-c2ccc(Cn3ccc4c(Cl)ncnc43)cc2)c1. The Bertz CT molecular complexity index is 1020. The maximum atomic E-state index is 6.11. The summed E-state index contributed by atoms with van der Waals surface area (Å²) in [4.78, 5) is 8.35. The van der Waals surface area contributed by atoms with Crippen LogP contribution in [-0.2, 0) is 6.54 Å². The van der Waals surface area contributed by atoms with Crippen LogP contribution in [0.1, 0.15) is 5.56 Å². The monoisotopic (exact) mass is 349 g/mol. The highest BCUT2D eigenvalue weighted by atomic mass is 35.5. The predicted molar refractivity (Wildman–Crippen MR) is 100 cm³/mol. The number of nitrogens with zero attached hydrogens (tertiary/aromatic N) is 3. The van der Waals surface area contributed by atoms with Gasteiger partial charge in [-0.1, -0.05) is 48.0 Å². The van der Waals surface area contributed by atoms with Crippen LogP contribution in [0.2, 0.25) is 5.15 Å². The van der Waals surface area contributed by atoms with Gasteiger partial charge in [-0.2, -0.15) is 0 Å². The number of halogens is 1. The molecule has 0 saturated heterocycles. The zero-order valence-corrected chi connectivity index (χ0v) is 14.4. The molecule has 0 aliphatic heterocycles. The van der Waals surface area contributed by atoms with E-state index >= 15 is 0 Å². The van der Waals surface area contributed by atoms with Gasteiger partial charge < -0.3 is 9.30 Å². The van der Waals surface area contributed by atoms with Gasteiger partial charge in [-0.3, -0.25) is 0 Å². The lowest BCUT2D eigenvalue weighted by Gasteiger charge is -2.08. The fraction of sp³-hybridized carbons (Fsp3) is 0.100. The molecule has 2 aromatic carbocycles. The minimum absolute atomic E-state index is 0.483. The summed E-state index contributed by atoms with van der Waals surface area (Å²) < 4.78 is 7.37. The van der Waals surface area contributed by atoms with Crippen molar-refractivity contribution in [2.75, 3.05) is 7.11 Å². The molecule has 4 aromatic rings.